The van der Waals surface area contributed by atoms with Crippen molar-refractivity contribution >= 4 is 17.2 Å². The van der Waals surface area contributed by atoms with Crippen LogP contribution in [0.3, 0.4) is 0 Å². The summed E-state index contributed by atoms with van der Waals surface area (Å²) >= 11 is 0. The summed E-state index contributed by atoms with van der Waals surface area (Å²) in [5.74, 6) is 0.715. The Morgan fingerprint density at radius 1 is 1.31 bits per heavy atom. The van der Waals surface area contributed by atoms with Gasteiger partial charge in [0.05, 0.1) is 5.71 Å². The van der Waals surface area contributed by atoms with Gasteiger partial charge in [-0.3, -0.25) is 4.79 Å². The number of Topliss-reactive ketones (excluding diaryl/α,β-unsaturated/α-hetero) is 1. The molecule has 1 aliphatic heterocycles. The van der Waals surface area contributed by atoms with Crippen LogP contribution < -0.4 is 10.5 Å². The smallest absolute Gasteiger partial charge is 0.195 e. The van der Waals surface area contributed by atoms with Gasteiger partial charge in [0.2, 0.25) is 0 Å². The number of para-hydroxylation sites is 2. The van der Waals surface area contributed by atoms with Gasteiger partial charge in [0.25, 0.3) is 0 Å². The maximum atomic E-state index is 11.8. The van der Waals surface area contributed by atoms with Gasteiger partial charge in [-0.2, -0.15) is 0 Å². The van der Waals surface area contributed by atoms with E-state index in [1.54, 1.807) is 0 Å². The molecule has 1 aromatic rings. The quantitative estimate of drug-likeness (QED) is 0.709. The number of ether oxygens (including phenoxy) is 1. The molecule has 16 heavy (non-hydrogen) atoms. The van der Waals surface area contributed by atoms with E-state index in [1.165, 1.54) is 0 Å². The molecule has 1 saturated carbocycles. The first-order chi connectivity index (χ1) is 7.74. The molecule has 1 aliphatic carbocycles. The van der Waals surface area contributed by atoms with Crippen molar-refractivity contribution in [3.8, 4) is 5.75 Å². The molecule has 0 amide bonds. The molecule has 2 unspecified atom stereocenters. The van der Waals surface area contributed by atoms with Crippen LogP contribution >= 0.6 is 0 Å². The van der Waals surface area contributed by atoms with E-state index in [0.717, 1.165) is 11.4 Å². The van der Waals surface area contributed by atoms with Gasteiger partial charge >= 0.3 is 0 Å². The highest BCUT2D eigenvalue weighted by molar-refractivity contribution is 6.12. The van der Waals surface area contributed by atoms with Gasteiger partial charge in [-0.05, 0) is 12.1 Å². The maximum absolute atomic E-state index is 11.8. The molecule has 4 nitrogen and oxygen atoms in total. The van der Waals surface area contributed by atoms with Crippen molar-refractivity contribution in [2.24, 2.45) is 10.7 Å². The molecule has 0 radical (unpaired) electrons. The summed E-state index contributed by atoms with van der Waals surface area (Å²) in [4.78, 5) is 16.2. The minimum atomic E-state index is -0.505. The zero-order chi connectivity index (χ0) is 11.1. The minimum absolute atomic E-state index is 0.0343. The van der Waals surface area contributed by atoms with Crippen LogP contribution in [0.5, 0.6) is 5.75 Å². The standard InChI is InChI=1S/C12H12N2O2/c13-7-5-9-12(10(15)6-7)16-11-4-2-1-3-8(11)14-9/h1-4,7,12H,5-6,13H2. The topological polar surface area (TPSA) is 64.7 Å². The summed E-state index contributed by atoms with van der Waals surface area (Å²) in [5.41, 5.74) is 7.35. The fourth-order valence-electron chi connectivity index (χ4n) is 2.17. The monoisotopic (exact) mass is 216 g/mol. The lowest BCUT2D eigenvalue weighted by atomic mass is 9.89. The van der Waals surface area contributed by atoms with Gasteiger partial charge in [0.15, 0.2) is 11.9 Å². The Morgan fingerprint density at radius 3 is 3.00 bits per heavy atom. The van der Waals surface area contributed by atoms with Crippen LogP contribution in [0.15, 0.2) is 29.3 Å². The molecular weight excluding hydrogens is 204 g/mol. The molecule has 0 saturated heterocycles. The van der Waals surface area contributed by atoms with Crippen LogP contribution in [0.2, 0.25) is 0 Å². The maximum Gasteiger partial charge on any atom is 0.195 e. The molecule has 4 heteroatoms. The third-order valence-electron chi connectivity index (χ3n) is 2.90. The average Bonchev–Trinajstić information content (AvgIpc) is 2.27. The second-order valence-corrected chi connectivity index (χ2v) is 4.20. The number of nitrogens with zero attached hydrogens (tertiary/aromatic N) is 1. The number of benzene rings is 1. The summed E-state index contributed by atoms with van der Waals surface area (Å²) in [5, 5.41) is 0. The Balaban J connectivity index is 2.04. The van der Waals surface area contributed by atoms with Gasteiger partial charge in [0.1, 0.15) is 11.4 Å². The van der Waals surface area contributed by atoms with Gasteiger partial charge in [-0.25, -0.2) is 4.99 Å². The number of nitrogens with two attached hydrogens (primary N) is 1. The van der Waals surface area contributed by atoms with Gasteiger partial charge in [-0.1, -0.05) is 12.1 Å². The summed E-state index contributed by atoms with van der Waals surface area (Å²) in [6.07, 6.45) is 0.519. The van der Waals surface area contributed by atoms with Crippen molar-refractivity contribution in [3.63, 3.8) is 0 Å². The van der Waals surface area contributed by atoms with Crippen molar-refractivity contribution in [1.82, 2.24) is 0 Å². The molecule has 1 aromatic carbocycles. The SMILES string of the molecule is NC1CC(=O)C2Oc3ccccc3N=C2C1. The predicted octanol–water partition coefficient (Wildman–Crippen LogP) is 1.21. The summed E-state index contributed by atoms with van der Waals surface area (Å²) < 4.78 is 5.66. The van der Waals surface area contributed by atoms with Crippen LogP contribution in [-0.2, 0) is 4.79 Å². The van der Waals surface area contributed by atoms with E-state index in [1.807, 2.05) is 24.3 Å². The van der Waals surface area contributed by atoms with Crippen LogP contribution in [-0.4, -0.2) is 23.6 Å². The first-order valence-electron chi connectivity index (χ1n) is 5.35. The fraction of sp³-hybridized carbons (Fsp3) is 0.333. The van der Waals surface area contributed by atoms with E-state index in [-0.39, 0.29) is 11.8 Å². The fourth-order valence-corrected chi connectivity index (χ4v) is 2.17. The highest BCUT2D eigenvalue weighted by Gasteiger charge is 2.36. The number of hydrogen-bond donors (Lipinski definition) is 1. The minimum Gasteiger partial charge on any atom is -0.474 e. The Labute approximate surface area is 93.1 Å². The number of carbonyl (C=O) groups is 1. The molecule has 3 rings (SSSR count). The largest absolute Gasteiger partial charge is 0.474 e. The number of hydrogen-bond acceptors (Lipinski definition) is 4. The van der Waals surface area contributed by atoms with Crippen molar-refractivity contribution < 1.29 is 9.53 Å². The Morgan fingerprint density at radius 2 is 2.12 bits per heavy atom. The lowest BCUT2D eigenvalue weighted by Gasteiger charge is -2.30. The number of ketones is 1. The van der Waals surface area contributed by atoms with Crippen LogP contribution in [0.25, 0.3) is 0 Å². The van der Waals surface area contributed by atoms with Crippen molar-refractivity contribution in [3.05, 3.63) is 24.3 Å². The lowest BCUT2D eigenvalue weighted by molar-refractivity contribution is -0.124. The average molecular weight is 216 g/mol. The van der Waals surface area contributed by atoms with Gasteiger partial charge < -0.3 is 10.5 Å². The first kappa shape index (κ1) is 9.54. The third-order valence-corrected chi connectivity index (χ3v) is 2.90. The predicted molar refractivity (Wildman–Crippen MR) is 60.2 cm³/mol. The van der Waals surface area contributed by atoms with Crippen LogP contribution in [0, 0.1) is 0 Å². The van der Waals surface area contributed by atoms with Crippen molar-refractivity contribution in [2.45, 2.75) is 25.0 Å². The second-order valence-electron chi connectivity index (χ2n) is 4.20. The molecule has 0 aromatic heterocycles. The Hall–Kier alpha value is -1.68. The molecule has 1 heterocycles. The second kappa shape index (κ2) is 3.42. The normalized spacial score (nSPS) is 27.6. The highest BCUT2D eigenvalue weighted by atomic mass is 16.5. The zero-order valence-corrected chi connectivity index (χ0v) is 8.72. The van der Waals surface area contributed by atoms with Gasteiger partial charge in [0, 0.05) is 18.9 Å². The van der Waals surface area contributed by atoms with E-state index in [0.29, 0.717) is 18.6 Å². The highest BCUT2D eigenvalue weighted by Crippen LogP contribution is 2.34. The number of aliphatic imine (C=N–C) groups is 1. The van der Waals surface area contributed by atoms with Crippen LogP contribution in [0.1, 0.15) is 12.8 Å². The number of carbonyl (C=O) groups excluding carboxylic acids is 1. The van der Waals surface area contributed by atoms with E-state index < -0.39 is 6.10 Å². The summed E-state index contributed by atoms with van der Waals surface area (Å²) in [6, 6.07) is 7.37. The molecule has 1 fully saturated rings. The molecule has 2 aliphatic rings. The van der Waals surface area contributed by atoms with Crippen LogP contribution in [0.4, 0.5) is 5.69 Å². The first-order valence-corrected chi connectivity index (χ1v) is 5.35. The Kier molecular flexibility index (Phi) is 2.04. The molecular formula is C12H12N2O2. The van der Waals surface area contributed by atoms with Crippen molar-refractivity contribution in [2.75, 3.05) is 0 Å². The molecule has 0 bridgehead atoms. The third kappa shape index (κ3) is 1.42. The van der Waals surface area contributed by atoms with E-state index in [2.05, 4.69) is 4.99 Å². The molecule has 2 atom stereocenters. The molecule has 0 spiro atoms. The van der Waals surface area contributed by atoms with E-state index >= 15 is 0 Å². The number of fused-ring (bicyclic) bond motifs is 2. The van der Waals surface area contributed by atoms with Gasteiger partial charge in [-0.15, -0.1) is 0 Å². The summed E-state index contributed by atoms with van der Waals surface area (Å²) in [7, 11) is 0. The number of rotatable bonds is 0. The van der Waals surface area contributed by atoms with Crippen molar-refractivity contribution in [1.29, 1.82) is 0 Å². The zero-order valence-electron chi connectivity index (χ0n) is 8.72. The molecule has 2 N–H and O–H groups in total. The summed E-state index contributed by atoms with van der Waals surface area (Å²) in [6.45, 7) is 0. The van der Waals surface area contributed by atoms with E-state index in [9.17, 15) is 4.79 Å². The lowest BCUT2D eigenvalue weighted by Crippen LogP contribution is -2.47. The molecule has 82 valence electrons. The van der Waals surface area contributed by atoms with E-state index in [4.69, 9.17) is 10.5 Å². The Bertz CT molecular complexity index is 482.